The summed E-state index contributed by atoms with van der Waals surface area (Å²) in [7, 11) is 0. The van der Waals surface area contributed by atoms with Gasteiger partial charge in [-0.3, -0.25) is 4.79 Å². The van der Waals surface area contributed by atoms with Crippen molar-refractivity contribution in [1.29, 1.82) is 0 Å². The quantitative estimate of drug-likeness (QED) is 0.582. The number of carbonyl (C=O) groups excluding carboxylic acids is 2. The highest BCUT2D eigenvalue weighted by atomic mass is 16.5. The van der Waals surface area contributed by atoms with E-state index in [2.05, 4.69) is 11.5 Å². The molecule has 1 heterocycles. The molecule has 6 rings (SSSR count). The highest BCUT2D eigenvalue weighted by molar-refractivity contribution is 5.87. The van der Waals surface area contributed by atoms with Gasteiger partial charge in [-0.25, -0.2) is 4.79 Å². The van der Waals surface area contributed by atoms with Crippen LogP contribution in [0.25, 0.3) is 0 Å². The second kappa shape index (κ2) is 5.34. The van der Waals surface area contributed by atoms with Gasteiger partial charge in [0.15, 0.2) is 0 Å². The van der Waals surface area contributed by atoms with Crippen molar-refractivity contribution in [2.45, 2.75) is 82.4 Å². The SMILES string of the molecule is C=C(C)C(=O)OC1CCC2CC1N(C13CC4CC(CC(C4)C1)C3)C2=O. The van der Waals surface area contributed by atoms with E-state index in [1.807, 2.05) is 0 Å². The van der Waals surface area contributed by atoms with Gasteiger partial charge in [-0.15, -0.1) is 0 Å². The maximum absolute atomic E-state index is 13.2. The molecule has 3 unspecified atom stereocenters. The number of amides is 1. The molecule has 0 N–H and O–H groups in total. The van der Waals surface area contributed by atoms with Crippen LogP contribution in [0.4, 0.5) is 0 Å². The van der Waals surface area contributed by atoms with Crippen molar-refractivity contribution in [2.24, 2.45) is 23.7 Å². The molecule has 1 aliphatic heterocycles. The van der Waals surface area contributed by atoms with Crippen LogP contribution in [0, 0.1) is 23.7 Å². The summed E-state index contributed by atoms with van der Waals surface area (Å²) in [4.78, 5) is 27.6. The molecule has 4 heteroatoms. The van der Waals surface area contributed by atoms with Crippen LogP contribution >= 0.6 is 0 Å². The summed E-state index contributed by atoms with van der Waals surface area (Å²) in [5.41, 5.74) is 0.525. The Morgan fingerprint density at radius 3 is 2.24 bits per heavy atom. The minimum absolute atomic E-state index is 0.0729. The Morgan fingerprint density at radius 1 is 1.08 bits per heavy atom. The van der Waals surface area contributed by atoms with E-state index in [0.29, 0.717) is 11.5 Å². The van der Waals surface area contributed by atoms with E-state index in [4.69, 9.17) is 4.74 Å². The lowest BCUT2D eigenvalue weighted by Gasteiger charge is -2.61. The molecule has 0 aromatic heterocycles. The summed E-state index contributed by atoms with van der Waals surface area (Å²) >= 11 is 0. The number of carbonyl (C=O) groups is 2. The lowest BCUT2D eigenvalue weighted by atomic mass is 9.52. The summed E-state index contributed by atoms with van der Waals surface area (Å²) in [5, 5.41) is 0. The molecule has 6 aliphatic rings. The first-order valence-electron chi connectivity index (χ1n) is 10.1. The van der Waals surface area contributed by atoms with Gasteiger partial charge in [0.05, 0.1) is 6.04 Å². The smallest absolute Gasteiger partial charge is 0.333 e. The highest BCUT2D eigenvalue weighted by Crippen LogP contribution is 2.60. The summed E-state index contributed by atoms with van der Waals surface area (Å²) in [5.74, 6) is 2.68. The lowest BCUT2D eigenvalue weighted by molar-refractivity contribution is -0.162. The number of rotatable bonds is 3. The Balaban J connectivity index is 1.45. The Hall–Kier alpha value is -1.32. The van der Waals surface area contributed by atoms with E-state index in [1.165, 1.54) is 38.5 Å². The van der Waals surface area contributed by atoms with Gasteiger partial charge in [-0.2, -0.15) is 0 Å². The third-order valence-electron chi connectivity index (χ3n) is 7.80. The molecular formula is C21H29NO3. The van der Waals surface area contributed by atoms with E-state index < -0.39 is 0 Å². The average Bonchev–Trinajstić information content (AvgIpc) is 2.81. The lowest BCUT2D eigenvalue weighted by Crippen LogP contribution is -2.63. The fourth-order valence-corrected chi connectivity index (χ4v) is 7.30. The summed E-state index contributed by atoms with van der Waals surface area (Å²) in [6, 6.07) is 0.103. The van der Waals surface area contributed by atoms with Gasteiger partial charge in [0, 0.05) is 17.0 Å². The van der Waals surface area contributed by atoms with Crippen molar-refractivity contribution in [2.75, 3.05) is 0 Å². The zero-order chi connectivity index (χ0) is 17.3. The van der Waals surface area contributed by atoms with E-state index in [-0.39, 0.29) is 29.6 Å². The van der Waals surface area contributed by atoms with Gasteiger partial charge in [0.2, 0.25) is 5.91 Å². The molecule has 5 aliphatic carbocycles. The van der Waals surface area contributed by atoms with Crippen molar-refractivity contribution >= 4 is 11.9 Å². The number of hydrogen-bond donors (Lipinski definition) is 0. The minimum Gasteiger partial charge on any atom is -0.457 e. The number of ether oxygens (including phenoxy) is 1. The second-order valence-corrected chi connectivity index (χ2v) is 9.65. The summed E-state index contributed by atoms with van der Waals surface area (Å²) in [6.45, 7) is 5.41. The first-order chi connectivity index (χ1) is 11.9. The Kier molecular flexibility index (Phi) is 3.40. The first kappa shape index (κ1) is 15.9. The molecule has 3 atom stereocenters. The molecule has 6 fully saturated rings. The predicted molar refractivity (Wildman–Crippen MR) is 93.6 cm³/mol. The number of esters is 1. The first-order valence-corrected chi connectivity index (χ1v) is 10.1. The molecule has 1 amide bonds. The number of nitrogens with zero attached hydrogens (tertiary/aromatic N) is 1. The Morgan fingerprint density at radius 2 is 1.68 bits per heavy atom. The largest absolute Gasteiger partial charge is 0.457 e. The van der Waals surface area contributed by atoms with E-state index in [1.54, 1.807) is 6.92 Å². The molecule has 1 saturated heterocycles. The van der Waals surface area contributed by atoms with Gasteiger partial charge in [0.1, 0.15) is 6.10 Å². The molecule has 25 heavy (non-hydrogen) atoms. The monoisotopic (exact) mass is 343 g/mol. The predicted octanol–water partition coefficient (Wildman–Crippen LogP) is 3.45. The molecule has 0 aromatic carbocycles. The molecule has 0 spiro atoms. The number of hydrogen-bond acceptors (Lipinski definition) is 3. The minimum atomic E-state index is -0.298. The molecule has 5 saturated carbocycles. The Bertz CT molecular complexity index is 604. The molecule has 136 valence electrons. The number of likely N-dealkylation sites (tertiary alicyclic amines) is 1. The van der Waals surface area contributed by atoms with Crippen LogP contribution in [0.3, 0.4) is 0 Å². The normalized spacial score (nSPS) is 47.2. The topological polar surface area (TPSA) is 46.6 Å². The van der Waals surface area contributed by atoms with E-state index in [0.717, 1.165) is 37.0 Å². The van der Waals surface area contributed by atoms with Crippen molar-refractivity contribution in [3.8, 4) is 0 Å². The van der Waals surface area contributed by atoms with Crippen molar-refractivity contribution in [1.82, 2.24) is 4.90 Å². The summed E-state index contributed by atoms with van der Waals surface area (Å²) in [6.07, 6.45) is 10.1. The molecule has 6 bridgehead atoms. The molecule has 0 radical (unpaired) electrons. The highest BCUT2D eigenvalue weighted by Gasteiger charge is 2.61. The van der Waals surface area contributed by atoms with Gasteiger partial charge in [-0.05, 0) is 82.5 Å². The van der Waals surface area contributed by atoms with Crippen LogP contribution in [-0.2, 0) is 14.3 Å². The maximum Gasteiger partial charge on any atom is 0.333 e. The second-order valence-electron chi connectivity index (χ2n) is 9.65. The zero-order valence-electron chi connectivity index (χ0n) is 15.2. The third kappa shape index (κ3) is 2.32. The van der Waals surface area contributed by atoms with Gasteiger partial charge >= 0.3 is 5.97 Å². The number of fused-ring (bicyclic) bond motifs is 2. The average molecular weight is 343 g/mol. The van der Waals surface area contributed by atoms with Crippen molar-refractivity contribution < 1.29 is 14.3 Å². The summed E-state index contributed by atoms with van der Waals surface area (Å²) < 4.78 is 5.79. The van der Waals surface area contributed by atoms with Crippen LogP contribution in [-0.4, -0.2) is 34.5 Å². The van der Waals surface area contributed by atoms with E-state index in [9.17, 15) is 9.59 Å². The van der Waals surface area contributed by atoms with Gasteiger partial charge < -0.3 is 9.64 Å². The molecular weight excluding hydrogens is 314 g/mol. The third-order valence-corrected chi connectivity index (χ3v) is 7.80. The fraction of sp³-hybridized carbons (Fsp3) is 0.810. The zero-order valence-corrected chi connectivity index (χ0v) is 15.2. The van der Waals surface area contributed by atoms with Crippen LogP contribution in [0.2, 0.25) is 0 Å². The van der Waals surface area contributed by atoms with Gasteiger partial charge in [-0.1, -0.05) is 6.58 Å². The molecule has 4 nitrogen and oxygen atoms in total. The van der Waals surface area contributed by atoms with Crippen molar-refractivity contribution in [3.05, 3.63) is 12.2 Å². The van der Waals surface area contributed by atoms with Crippen LogP contribution in [0.1, 0.15) is 64.7 Å². The van der Waals surface area contributed by atoms with Gasteiger partial charge in [0.25, 0.3) is 0 Å². The van der Waals surface area contributed by atoms with Crippen molar-refractivity contribution in [3.63, 3.8) is 0 Å². The molecule has 0 aromatic rings. The fourth-order valence-electron chi connectivity index (χ4n) is 7.30. The van der Waals surface area contributed by atoms with E-state index >= 15 is 0 Å². The van der Waals surface area contributed by atoms with Crippen LogP contribution in [0.5, 0.6) is 0 Å². The Labute approximate surface area is 150 Å². The van der Waals surface area contributed by atoms with Crippen LogP contribution in [0.15, 0.2) is 12.2 Å². The van der Waals surface area contributed by atoms with Crippen LogP contribution < -0.4 is 0 Å². The maximum atomic E-state index is 13.2. The standard InChI is InChI=1S/C21H29NO3/c1-12(2)20(24)25-18-4-3-16-8-17(18)22(19(16)23)21-9-13-5-14(10-21)7-15(6-13)11-21/h13-18H,1,3-11H2,2H3.